The van der Waals surface area contributed by atoms with Gasteiger partial charge in [0.05, 0.1) is 18.3 Å². The Kier molecular flexibility index (Phi) is 11.0. The second-order valence-corrected chi connectivity index (χ2v) is 12.1. The molecule has 9 heteroatoms. The fourth-order valence-corrected chi connectivity index (χ4v) is 6.43. The van der Waals surface area contributed by atoms with Crippen molar-refractivity contribution in [3.05, 3.63) is 35.9 Å². The summed E-state index contributed by atoms with van der Waals surface area (Å²) >= 11 is 0. The first kappa shape index (κ1) is 27.5. The molecule has 2 amide bonds. The molecule has 1 aromatic carbocycles. The van der Waals surface area contributed by atoms with Crippen LogP contribution in [-0.4, -0.2) is 58.9 Å². The zero-order valence-electron chi connectivity index (χ0n) is 19.8. The molecule has 4 atom stereocenters. The van der Waals surface area contributed by atoms with Crippen molar-refractivity contribution >= 4 is 19.2 Å². The Morgan fingerprint density at radius 3 is 2.36 bits per heavy atom. The van der Waals surface area contributed by atoms with Crippen molar-refractivity contribution in [3.8, 4) is 0 Å². The average Bonchev–Trinajstić information content (AvgIpc) is 2.76. The number of rotatable bonds is 12. The van der Waals surface area contributed by atoms with Crippen LogP contribution in [0.25, 0.3) is 0 Å². The predicted octanol–water partition coefficient (Wildman–Crippen LogP) is 2.02. The molecule has 1 aliphatic rings. The summed E-state index contributed by atoms with van der Waals surface area (Å²) in [4.78, 5) is 35.5. The molecule has 0 saturated heterocycles. The largest absolute Gasteiger partial charge is 0.391 e. The van der Waals surface area contributed by atoms with E-state index in [1.165, 1.54) is 6.42 Å². The molecule has 33 heavy (non-hydrogen) atoms. The summed E-state index contributed by atoms with van der Waals surface area (Å²) in [6.45, 7) is 3.45. The second-order valence-electron chi connectivity index (χ2n) is 9.64. The Balaban J connectivity index is 1.82. The molecule has 0 aliphatic heterocycles. The SMILES string of the molecule is CC(C)[C@H](NC(=O)[C@@H](N)Cc1ccccc1)C(=O)NC[C@H](O)CP(=O)(O)CC1CCCCC1. The van der Waals surface area contributed by atoms with Crippen LogP contribution in [0.1, 0.15) is 51.5 Å². The summed E-state index contributed by atoms with van der Waals surface area (Å²) < 4.78 is 12.6. The number of aliphatic hydroxyl groups is 1. The lowest BCUT2D eigenvalue weighted by Crippen LogP contribution is -2.55. The lowest BCUT2D eigenvalue weighted by molar-refractivity contribution is -0.130. The number of hydrogen-bond acceptors (Lipinski definition) is 5. The topological polar surface area (TPSA) is 142 Å². The van der Waals surface area contributed by atoms with E-state index in [4.69, 9.17) is 5.73 Å². The van der Waals surface area contributed by atoms with Crippen LogP contribution >= 0.6 is 7.37 Å². The van der Waals surface area contributed by atoms with Crippen LogP contribution in [0.5, 0.6) is 0 Å². The minimum absolute atomic E-state index is 0.150. The molecule has 1 aliphatic carbocycles. The molecule has 186 valence electrons. The molecular formula is C24H40N3O5P. The highest BCUT2D eigenvalue weighted by molar-refractivity contribution is 7.58. The van der Waals surface area contributed by atoms with E-state index >= 15 is 0 Å². The molecule has 0 spiro atoms. The van der Waals surface area contributed by atoms with Crippen molar-refractivity contribution in [2.75, 3.05) is 18.9 Å². The van der Waals surface area contributed by atoms with Gasteiger partial charge in [0, 0.05) is 12.7 Å². The highest BCUT2D eigenvalue weighted by atomic mass is 31.2. The van der Waals surface area contributed by atoms with E-state index in [1.807, 2.05) is 30.3 Å². The van der Waals surface area contributed by atoms with E-state index in [0.717, 1.165) is 31.2 Å². The maximum absolute atomic E-state index is 12.7. The van der Waals surface area contributed by atoms with Crippen molar-refractivity contribution in [1.29, 1.82) is 0 Å². The Hall–Kier alpha value is -1.73. The van der Waals surface area contributed by atoms with E-state index in [-0.39, 0.29) is 30.7 Å². The number of aliphatic hydroxyl groups excluding tert-OH is 1. The number of benzene rings is 1. The fourth-order valence-electron chi connectivity index (χ4n) is 4.33. The van der Waals surface area contributed by atoms with Crippen LogP contribution in [0.15, 0.2) is 30.3 Å². The van der Waals surface area contributed by atoms with Gasteiger partial charge < -0.3 is 26.4 Å². The maximum atomic E-state index is 12.7. The van der Waals surface area contributed by atoms with E-state index in [9.17, 15) is 24.2 Å². The molecule has 1 unspecified atom stereocenters. The van der Waals surface area contributed by atoms with Gasteiger partial charge in [-0.15, -0.1) is 0 Å². The second kappa shape index (κ2) is 13.2. The van der Waals surface area contributed by atoms with Crippen LogP contribution in [0, 0.1) is 11.8 Å². The average molecular weight is 482 g/mol. The molecule has 0 radical (unpaired) electrons. The number of amides is 2. The molecule has 1 aromatic rings. The maximum Gasteiger partial charge on any atom is 0.242 e. The molecule has 6 N–H and O–H groups in total. The van der Waals surface area contributed by atoms with Gasteiger partial charge >= 0.3 is 0 Å². The van der Waals surface area contributed by atoms with Gasteiger partial charge in [-0.1, -0.05) is 63.4 Å². The fraction of sp³-hybridized carbons (Fsp3) is 0.667. The third-order valence-corrected chi connectivity index (χ3v) is 8.24. The zero-order chi connectivity index (χ0) is 24.4. The summed E-state index contributed by atoms with van der Waals surface area (Å²) in [7, 11) is -3.48. The van der Waals surface area contributed by atoms with Gasteiger partial charge in [0.25, 0.3) is 0 Å². The van der Waals surface area contributed by atoms with Gasteiger partial charge in [-0.05, 0) is 36.7 Å². The van der Waals surface area contributed by atoms with E-state index < -0.39 is 37.4 Å². The van der Waals surface area contributed by atoms with Gasteiger partial charge in [-0.25, -0.2) is 0 Å². The van der Waals surface area contributed by atoms with Crippen LogP contribution < -0.4 is 16.4 Å². The molecule has 8 nitrogen and oxygen atoms in total. The first-order valence-electron chi connectivity index (χ1n) is 11.9. The highest BCUT2D eigenvalue weighted by Gasteiger charge is 2.30. The monoisotopic (exact) mass is 481 g/mol. The highest BCUT2D eigenvalue weighted by Crippen LogP contribution is 2.45. The van der Waals surface area contributed by atoms with Crippen molar-refractivity contribution in [2.45, 2.75) is 70.6 Å². The summed E-state index contributed by atoms with van der Waals surface area (Å²) in [6, 6.07) is 7.77. The molecule has 0 aromatic heterocycles. The van der Waals surface area contributed by atoms with Gasteiger partial charge in [0.2, 0.25) is 19.2 Å². The van der Waals surface area contributed by atoms with Crippen LogP contribution in [0.3, 0.4) is 0 Å². The number of hydrogen-bond donors (Lipinski definition) is 5. The van der Waals surface area contributed by atoms with Crippen molar-refractivity contribution in [1.82, 2.24) is 10.6 Å². The lowest BCUT2D eigenvalue weighted by atomic mass is 9.91. The molecule has 0 bridgehead atoms. The molecular weight excluding hydrogens is 441 g/mol. The Bertz CT molecular complexity index is 799. The summed E-state index contributed by atoms with van der Waals surface area (Å²) in [5.41, 5.74) is 6.95. The van der Waals surface area contributed by atoms with Crippen molar-refractivity contribution < 1.29 is 24.2 Å². The third kappa shape index (κ3) is 9.97. The Morgan fingerprint density at radius 2 is 1.76 bits per heavy atom. The number of carbonyl (C=O) groups is 2. The molecule has 1 saturated carbocycles. The van der Waals surface area contributed by atoms with E-state index in [0.29, 0.717) is 6.42 Å². The normalized spacial score (nSPS) is 19.3. The van der Waals surface area contributed by atoms with Crippen molar-refractivity contribution in [2.24, 2.45) is 17.6 Å². The van der Waals surface area contributed by atoms with Gasteiger partial charge in [0.15, 0.2) is 0 Å². The molecule has 2 rings (SSSR count). The third-order valence-electron chi connectivity index (χ3n) is 6.16. The zero-order valence-corrected chi connectivity index (χ0v) is 20.7. The summed E-state index contributed by atoms with van der Waals surface area (Å²) in [6.07, 6.45) is 4.46. The smallest absolute Gasteiger partial charge is 0.242 e. The predicted molar refractivity (Wildman–Crippen MR) is 130 cm³/mol. The number of nitrogens with one attached hydrogen (secondary N) is 2. The Labute approximate surface area is 197 Å². The van der Waals surface area contributed by atoms with Gasteiger partial charge in [0.1, 0.15) is 6.04 Å². The van der Waals surface area contributed by atoms with Gasteiger partial charge in [-0.2, -0.15) is 0 Å². The Morgan fingerprint density at radius 1 is 1.12 bits per heavy atom. The first-order chi connectivity index (χ1) is 15.6. The minimum Gasteiger partial charge on any atom is -0.391 e. The first-order valence-corrected chi connectivity index (χ1v) is 14.0. The summed E-state index contributed by atoms with van der Waals surface area (Å²) in [5, 5.41) is 15.6. The van der Waals surface area contributed by atoms with Crippen molar-refractivity contribution in [3.63, 3.8) is 0 Å². The summed E-state index contributed by atoms with van der Waals surface area (Å²) in [5.74, 6) is -0.854. The van der Waals surface area contributed by atoms with E-state index in [1.54, 1.807) is 13.8 Å². The number of carbonyl (C=O) groups excluding carboxylic acids is 2. The minimum atomic E-state index is -3.48. The van der Waals surface area contributed by atoms with Crippen LogP contribution in [0.4, 0.5) is 0 Å². The standard InChI is InChI=1S/C24H40N3O5P/c1-17(2)22(27-23(29)21(25)13-18-9-5-3-6-10-18)24(30)26-14-20(28)16-33(31,32)15-19-11-7-4-8-12-19/h3,5-6,9-10,17,19-22,28H,4,7-8,11-16,25H2,1-2H3,(H,26,30)(H,27,29)(H,31,32)/t20-,21-,22-/m0/s1. The number of nitrogens with two attached hydrogens (primary N) is 1. The molecule has 1 fully saturated rings. The van der Waals surface area contributed by atoms with Gasteiger partial charge in [-0.3, -0.25) is 14.2 Å². The lowest BCUT2D eigenvalue weighted by Gasteiger charge is -2.26. The van der Waals surface area contributed by atoms with Crippen LogP contribution in [-0.2, 0) is 20.6 Å². The molecule has 0 heterocycles. The quantitative estimate of drug-likeness (QED) is 0.289. The van der Waals surface area contributed by atoms with E-state index in [2.05, 4.69) is 10.6 Å². The van der Waals surface area contributed by atoms with Crippen LogP contribution in [0.2, 0.25) is 0 Å².